The molecular formula is C11H12O4. The predicted molar refractivity (Wildman–Crippen MR) is 53.0 cm³/mol. The molecule has 1 aromatic rings. The Bertz CT molecular complexity index is 357. The van der Waals surface area contributed by atoms with Crippen molar-refractivity contribution >= 4 is 5.97 Å². The highest BCUT2D eigenvalue weighted by Crippen LogP contribution is 2.16. The zero-order chi connectivity index (χ0) is 10.7. The second kappa shape index (κ2) is 4.31. The van der Waals surface area contributed by atoms with Gasteiger partial charge in [-0.25, -0.2) is 4.79 Å². The van der Waals surface area contributed by atoms with E-state index in [1.807, 2.05) is 0 Å². The Morgan fingerprint density at radius 2 is 2.40 bits per heavy atom. The Labute approximate surface area is 87.8 Å². The van der Waals surface area contributed by atoms with Crippen molar-refractivity contribution < 1.29 is 19.0 Å². The number of hydrogen-bond acceptors (Lipinski definition) is 4. The van der Waals surface area contributed by atoms with Gasteiger partial charge in [-0.1, -0.05) is 6.07 Å². The van der Waals surface area contributed by atoms with Crippen LogP contribution >= 0.6 is 0 Å². The molecule has 80 valence electrons. The summed E-state index contributed by atoms with van der Waals surface area (Å²) in [6, 6.07) is 6.91. The normalized spacial score (nSPS) is 18.3. The monoisotopic (exact) mass is 208 g/mol. The van der Waals surface area contributed by atoms with Crippen LogP contribution in [0.25, 0.3) is 0 Å². The molecule has 1 aliphatic heterocycles. The molecule has 2 rings (SSSR count). The number of ether oxygens (including phenoxy) is 3. The fraction of sp³-hybridized carbons (Fsp3) is 0.364. The SMILES string of the molecule is COC(=O)c1cccc(OC[C@H]2CO2)c1. The lowest BCUT2D eigenvalue weighted by Gasteiger charge is -2.05. The molecule has 0 spiro atoms. The second-order valence-corrected chi connectivity index (χ2v) is 3.29. The smallest absolute Gasteiger partial charge is 0.337 e. The van der Waals surface area contributed by atoms with E-state index in [-0.39, 0.29) is 12.1 Å². The van der Waals surface area contributed by atoms with Crippen LogP contribution in [0.15, 0.2) is 24.3 Å². The van der Waals surface area contributed by atoms with Gasteiger partial charge in [0.1, 0.15) is 18.5 Å². The van der Waals surface area contributed by atoms with Gasteiger partial charge in [-0.2, -0.15) is 0 Å². The van der Waals surface area contributed by atoms with Crippen LogP contribution in [0, 0.1) is 0 Å². The topological polar surface area (TPSA) is 48.1 Å². The summed E-state index contributed by atoms with van der Waals surface area (Å²) in [4.78, 5) is 11.2. The van der Waals surface area contributed by atoms with Gasteiger partial charge >= 0.3 is 5.97 Å². The first-order valence-corrected chi connectivity index (χ1v) is 4.72. The summed E-state index contributed by atoms with van der Waals surface area (Å²) < 4.78 is 15.1. The van der Waals surface area contributed by atoms with Gasteiger partial charge in [0, 0.05) is 0 Å². The van der Waals surface area contributed by atoms with E-state index in [1.165, 1.54) is 7.11 Å². The Morgan fingerprint density at radius 1 is 1.60 bits per heavy atom. The molecule has 4 heteroatoms. The number of benzene rings is 1. The van der Waals surface area contributed by atoms with Gasteiger partial charge in [-0.15, -0.1) is 0 Å². The van der Waals surface area contributed by atoms with E-state index in [0.717, 1.165) is 6.61 Å². The summed E-state index contributed by atoms with van der Waals surface area (Å²) >= 11 is 0. The largest absolute Gasteiger partial charge is 0.491 e. The van der Waals surface area contributed by atoms with Crippen LogP contribution in [-0.2, 0) is 9.47 Å². The van der Waals surface area contributed by atoms with Gasteiger partial charge in [0.25, 0.3) is 0 Å². The maximum Gasteiger partial charge on any atom is 0.337 e. The minimum Gasteiger partial charge on any atom is -0.491 e. The number of carbonyl (C=O) groups is 1. The molecule has 1 fully saturated rings. The van der Waals surface area contributed by atoms with Crippen LogP contribution in [0.4, 0.5) is 0 Å². The first-order valence-electron chi connectivity index (χ1n) is 4.72. The first-order chi connectivity index (χ1) is 7.29. The van der Waals surface area contributed by atoms with Crippen molar-refractivity contribution in [1.82, 2.24) is 0 Å². The predicted octanol–water partition coefficient (Wildman–Crippen LogP) is 1.25. The fourth-order valence-corrected chi connectivity index (χ4v) is 1.18. The highest BCUT2D eigenvalue weighted by molar-refractivity contribution is 5.89. The Balaban J connectivity index is 2.00. The number of epoxide rings is 1. The molecular weight excluding hydrogens is 196 g/mol. The number of rotatable bonds is 4. The third-order valence-electron chi connectivity index (χ3n) is 2.09. The maximum absolute atomic E-state index is 11.2. The summed E-state index contributed by atoms with van der Waals surface area (Å²) in [6.07, 6.45) is 0.215. The highest BCUT2D eigenvalue weighted by atomic mass is 16.6. The zero-order valence-electron chi connectivity index (χ0n) is 8.43. The third-order valence-corrected chi connectivity index (χ3v) is 2.09. The fourth-order valence-electron chi connectivity index (χ4n) is 1.18. The van der Waals surface area contributed by atoms with Gasteiger partial charge in [-0.05, 0) is 18.2 Å². The summed E-state index contributed by atoms with van der Waals surface area (Å²) in [5, 5.41) is 0. The first kappa shape index (κ1) is 9.98. The molecule has 0 radical (unpaired) electrons. The van der Waals surface area contributed by atoms with Crippen LogP contribution in [0.3, 0.4) is 0 Å². The average Bonchev–Trinajstić information content (AvgIpc) is 3.09. The Hall–Kier alpha value is -1.55. The van der Waals surface area contributed by atoms with E-state index < -0.39 is 0 Å². The molecule has 0 bridgehead atoms. The van der Waals surface area contributed by atoms with E-state index in [0.29, 0.717) is 17.9 Å². The highest BCUT2D eigenvalue weighted by Gasteiger charge is 2.23. The lowest BCUT2D eigenvalue weighted by molar-refractivity contribution is 0.0600. The van der Waals surface area contributed by atoms with E-state index >= 15 is 0 Å². The van der Waals surface area contributed by atoms with Crippen molar-refractivity contribution in [2.75, 3.05) is 20.3 Å². The van der Waals surface area contributed by atoms with E-state index in [9.17, 15) is 4.79 Å². The summed E-state index contributed by atoms with van der Waals surface area (Å²) in [6.45, 7) is 1.29. The molecule has 0 unspecified atom stereocenters. The van der Waals surface area contributed by atoms with E-state index in [1.54, 1.807) is 24.3 Å². The molecule has 1 heterocycles. The zero-order valence-corrected chi connectivity index (χ0v) is 8.43. The maximum atomic E-state index is 11.2. The van der Waals surface area contributed by atoms with Gasteiger partial charge in [0.05, 0.1) is 19.3 Å². The van der Waals surface area contributed by atoms with Crippen LogP contribution in [0.1, 0.15) is 10.4 Å². The summed E-state index contributed by atoms with van der Waals surface area (Å²) in [5.41, 5.74) is 0.492. The quantitative estimate of drug-likeness (QED) is 0.552. The number of esters is 1. The molecule has 1 atom stereocenters. The molecule has 1 saturated heterocycles. The van der Waals surface area contributed by atoms with Crippen molar-refractivity contribution in [3.8, 4) is 5.75 Å². The molecule has 0 saturated carbocycles. The van der Waals surface area contributed by atoms with Crippen LogP contribution in [0.2, 0.25) is 0 Å². The number of methoxy groups -OCH3 is 1. The van der Waals surface area contributed by atoms with Crippen molar-refractivity contribution in [1.29, 1.82) is 0 Å². The molecule has 1 aromatic carbocycles. The lowest BCUT2D eigenvalue weighted by atomic mass is 10.2. The molecule has 0 N–H and O–H groups in total. The average molecular weight is 208 g/mol. The molecule has 0 aliphatic carbocycles. The van der Waals surface area contributed by atoms with Crippen LogP contribution < -0.4 is 4.74 Å². The second-order valence-electron chi connectivity index (χ2n) is 3.29. The minimum atomic E-state index is -0.358. The molecule has 0 aromatic heterocycles. The van der Waals surface area contributed by atoms with Crippen LogP contribution in [0.5, 0.6) is 5.75 Å². The summed E-state index contributed by atoms with van der Waals surface area (Å²) in [7, 11) is 1.36. The standard InChI is InChI=1S/C11H12O4/c1-13-11(12)8-3-2-4-9(5-8)14-6-10-7-15-10/h2-5,10H,6-7H2,1H3/t10-/m0/s1. The lowest BCUT2D eigenvalue weighted by Crippen LogP contribution is -2.05. The summed E-state index contributed by atoms with van der Waals surface area (Å²) in [5.74, 6) is 0.302. The number of hydrogen-bond donors (Lipinski definition) is 0. The molecule has 15 heavy (non-hydrogen) atoms. The van der Waals surface area contributed by atoms with Crippen molar-refractivity contribution in [2.24, 2.45) is 0 Å². The Morgan fingerprint density at radius 3 is 3.07 bits per heavy atom. The van der Waals surface area contributed by atoms with Gasteiger partial charge < -0.3 is 14.2 Å². The minimum absolute atomic E-state index is 0.215. The van der Waals surface area contributed by atoms with Gasteiger partial charge in [0.2, 0.25) is 0 Å². The van der Waals surface area contributed by atoms with Gasteiger partial charge in [-0.3, -0.25) is 0 Å². The molecule has 4 nitrogen and oxygen atoms in total. The van der Waals surface area contributed by atoms with Crippen molar-refractivity contribution in [3.63, 3.8) is 0 Å². The molecule has 0 amide bonds. The molecule has 1 aliphatic rings. The third kappa shape index (κ3) is 2.70. The van der Waals surface area contributed by atoms with Gasteiger partial charge in [0.15, 0.2) is 0 Å². The van der Waals surface area contributed by atoms with Crippen molar-refractivity contribution in [3.05, 3.63) is 29.8 Å². The van der Waals surface area contributed by atoms with Crippen LogP contribution in [-0.4, -0.2) is 32.4 Å². The van der Waals surface area contributed by atoms with E-state index in [2.05, 4.69) is 4.74 Å². The van der Waals surface area contributed by atoms with E-state index in [4.69, 9.17) is 9.47 Å². The number of carbonyl (C=O) groups excluding carboxylic acids is 1. The van der Waals surface area contributed by atoms with Crippen molar-refractivity contribution in [2.45, 2.75) is 6.10 Å². The Kier molecular flexibility index (Phi) is 2.87.